The largest absolute Gasteiger partial charge is 0.493 e. The Balaban J connectivity index is 1.68. The van der Waals surface area contributed by atoms with Gasteiger partial charge in [0, 0.05) is 31.7 Å². The Labute approximate surface area is 186 Å². The fourth-order valence-electron chi connectivity index (χ4n) is 3.59. The second-order valence-corrected chi connectivity index (χ2v) is 7.46. The average Bonchev–Trinajstić information content (AvgIpc) is 3.09. The Bertz CT molecular complexity index is 1010. The monoisotopic (exact) mass is 442 g/mol. The lowest BCUT2D eigenvalue weighted by Gasteiger charge is -2.20. The number of rotatable bonds is 8. The number of methoxy groups -OCH3 is 2. The zero-order chi connectivity index (χ0) is 23.3. The number of ether oxygens (including phenoxy) is 4. The number of amides is 1. The van der Waals surface area contributed by atoms with Gasteiger partial charge in [-0.05, 0) is 18.1 Å². The zero-order valence-corrected chi connectivity index (χ0v) is 18.4. The number of carbonyl (C=O) groups excluding carboxylic acids is 3. The minimum atomic E-state index is -0.950. The molecule has 9 nitrogen and oxygen atoms in total. The molecule has 3 atom stereocenters. The van der Waals surface area contributed by atoms with Crippen LogP contribution in [-0.4, -0.2) is 55.8 Å². The first kappa shape index (κ1) is 23.2. The van der Waals surface area contributed by atoms with E-state index in [4.69, 9.17) is 18.9 Å². The molecule has 0 saturated carbocycles. The summed E-state index contributed by atoms with van der Waals surface area (Å²) >= 11 is 0. The minimum Gasteiger partial charge on any atom is -0.493 e. The number of aromatic nitrogens is 1. The molecule has 0 unspecified atom stereocenters. The standard InChI is InChI=1S/C23H26N2O7/c1-13-16-8-6-5-7-15(16)11-18(13)31-23(28)14(2)25-22(27)20-21(32-19(26)12-29-3)17(30-4)9-10-24-20/h5-10,13-14,18H,11-12H2,1-4H3,(H,25,27)/t13-,14-,18-/m0/s1. The molecular weight excluding hydrogens is 416 g/mol. The topological polar surface area (TPSA) is 113 Å². The van der Waals surface area contributed by atoms with Crippen molar-refractivity contribution in [3.05, 3.63) is 53.3 Å². The summed E-state index contributed by atoms with van der Waals surface area (Å²) < 4.78 is 20.8. The number of carbonyl (C=O) groups is 3. The van der Waals surface area contributed by atoms with E-state index in [-0.39, 0.29) is 35.8 Å². The Hall–Kier alpha value is -3.46. The maximum absolute atomic E-state index is 12.8. The summed E-state index contributed by atoms with van der Waals surface area (Å²) in [4.78, 5) is 41.3. The first-order chi connectivity index (χ1) is 15.3. The van der Waals surface area contributed by atoms with Crippen LogP contribution in [0.2, 0.25) is 0 Å². The van der Waals surface area contributed by atoms with Gasteiger partial charge in [0.1, 0.15) is 18.8 Å². The number of fused-ring (bicyclic) bond motifs is 1. The molecule has 1 N–H and O–H groups in total. The summed E-state index contributed by atoms with van der Waals surface area (Å²) in [6.07, 6.45) is 1.66. The first-order valence-electron chi connectivity index (χ1n) is 10.2. The summed E-state index contributed by atoms with van der Waals surface area (Å²) in [6, 6.07) is 8.46. The molecule has 1 aliphatic carbocycles. The van der Waals surface area contributed by atoms with Crippen LogP contribution in [0.15, 0.2) is 36.5 Å². The van der Waals surface area contributed by atoms with Crippen LogP contribution in [0.4, 0.5) is 0 Å². The Morgan fingerprint density at radius 3 is 2.62 bits per heavy atom. The number of esters is 2. The molecule has 1 heterocycles. The van der Waals surface area contributed by atoms with E-state index in [1.807, 2.05) is 31.2 Å². The predicted octanol–water partition coefficient (Wildman–Crippen LogP) is 2.03. The van der Waals surface area contributed by atoms with Crippen molar-refractivity contribution in [3.63, 3.8) is 0 Å². The van der Waals surface area contributed by atoms with Crippen molar-refractivity contribution in [1.82, 2.24) is 10.3 Å². The molecule has 0 aliphatic heterocycles. The molecular formula is C23H26N2O7. The van der Waals surface area contributed by atoms with E-state index in [9.17, 15) is 14.4 Å². The van der Waals surface area contributed by atoms with Gasteiger partial charge in [-0.2, -0.15) is 0 Å². The number of nitrogens with zero attached hydrogens (tertiary/aromatic N) is 1. The maximum Gasteiger partial charge on any atom is 0.337 e. The van der Waals surface area contributed by atoms with Crippen LogP contribution < -0.4 is 14.8 Å². The van der Waals surface area contributed by atoms with Gasteiger partial charge < -0.3 is 24.3 Å². The number of pyridine rings is 1. The van der Waals surface area contributed by atoms with Crippen LogP contribution in [0.3, 0.4) is 0 Å². The number of nitrogens with one attached hydrogen (secondary N) is 1. The van der Waals surface area contributed by atoms with Crippen molar-refractivity contribution in [2.24, 2.45) is 0 Å². The lowest BCUT2D eigenvalue weighted by molar-refractivity contribution is -0.151. The summed E-state index contributed by atoms with van der Waals surface area (Å²) in [5.41, 5.74) is 2.11. The number of hydrogen-bond acceptors (Lipinski definition) is 8. The predicted molar refractivity (Wildman–Crippen MR) is 114 cm³/mol. The molecule has 0 saturated heterocycles. The van der Waals surface area contributed by atoms with Gasteiger partial charge in [0.15, 0.2) is 11.4 Å². The van der Waals surface area contributed by atoms with Gasteiger partial charge in [0.05, 0.1) is 7.11 Å². The molecule has 1 aromatic carbocycles. The summed E-state index contributed by atoms with van der Waals surface area (Å²) in [7, 11) is 2.71. The normalized spacial score (nSPS) is 17.8. The molecule has 0 spiro atoms. The van der Waals surface area contributed by atoms with Crippen molar-refractivity contribution in [2.75, 3.05) is 20.8 Å². The van der Waals surface area contributed by atoms with Crippen LogP contribution in [0, 0.1) is 0 Å². The third-order valence-corrected chi connectivity index (χ3v) is 5.27. The molecule has 1 aromatic heterocycles. The van der Waals surface area contributed by atoms with Gasteiger partial charge in [0.25, 0.3) is 5.91 Å². The average molecular weight is 442 g/mol. The molecule has 32 heavy (non-hydrogen) atoms. The zero-order valence-electron chi connectivity index (χ0n) is 18.4. The van der Waals surface area contributed by atoms with Crippen molar-refractivity contribution in [3.8, 4) is 11.5 Å². The highest BCUT2D eigenvalue weighted by molar-refractivity contribution is 5.98. The van der Waals surface area contributed by atoms with Gasteiger partial charge in [-0.3, -0.25) is 4.79 Å². The smallest absolute Gasteiger partial charge is 0.337 e. The Kier molecular flexibility index (Phi) is 7.42. The molecule has 3 rings (SSSR count). The van der Waals surface area contributed by atoms with E-state index in [0.717, 1.165) is 11.1 Å². The number of benzene rings is 1. The molecule has 0 bridgehead atoms. The highest BCUT2D eigenvalue weighted by Gasteiger charge is 2.33. The maximum atomic E-state index is 12.8. The van der Waals surface area contributed by atoms with Crippen LogP contribution in [0.1, 0.15) is 41.4 Å². The van der Waals surface area contributed by atoms with Crippen LogP contribution in [-0.2, 0) is 25.5 Å². The van der Waals surface area contributed by atoms with E-state index in [1.165, 1.54) is 33.4 Å². The highest BCUT2D eigenvalue weighted by Crippen LogP contribution is 2.35. The number of hydrogen-bond donors (Lipinski definition) is 1. The second kappa shape index (κ2) is 10.2. The second-order valence-electron chi connectivity index (χ2n) is 7.46. The molecule has 1 amide bonds. The van der Waals surface area contributed by atoms with Gasteiger partial charge in [0.2, 0.25) is 5.75 Å². The van der Waals surface area contributed by atoms with Crippen molar-refractivity contribution >= 4 is 17.8 Å². The van der Waals surface area contributed by atoms with Crippen LogP contribution in [0.25, 0.3) is 0 Å². The summed E-state index contributed by atoms with van der Waals surface area (Å²) in [5, 5.41) is 2.55. The van der Waals surface area contributed by atoms with Gasteiger partial charge in [-0.25, -0.2) is 14.6 Å². The first-order valence-corrected chi connectivity index (χ1v) is 10.2. The van der Waals surface area contributed by atoms with E-state index in [2.05, 4.69) is 10.3 Å². The summed E-state index contributed by atoms with van der Waals surface area (Å²) in [5.74, 6) is -1.96. The van der Waals surface area contributed by atoms with Gasteiger partial charge in [-0.1, -0.05) is 31.2 Å². The van der Waals surface area contributed by atoms with Gasteiger partial charge >= 0.3 is 11.9 Å². The third-order valence-electron chi connectivity index (χ3n) is 5.27. The van der Waals surface area contributed by atoms with Crippen molar-refractivity contribution in [1.29, 1.82) is 0 Å². The van der Waals surface area contributed by atoms with E-state index < -0.39 is 23.9 Å². The van der Waals surface area contributed by atoms with Crippen LogP contribution in [0.5, 0.6) is 11.5 Å². The molecule has 1 aliphatic rings. The lowest BCUT2D eigenvalue weighted by Crippen LogP contribution is -2.41. The highest BCUT2D eigenvalue weighted by atomic mass is 16.6. The summed E-state index contributed by atoms with van der Waals surface area (Å²) in [6.45, 7) is 3.21. The van der Waals surface area contributed by atoms with E-state index in [0.29, 0.717) is 6.42 Å². The molecule has 0 fully saturated rings. The quantitative estimate of drug-likeness (QED) is 0.618. The van der Waals surface area contributed by atoms with E-state index in [1.54, 1.807) is 0 Å². The lowest BCUT2D eigenvalue weighted by atomic mass is 10.0. The SMILES string of the molecule is COCC(=O)Oc1c(OC)ccnc1C(=O)N[C@@H](C)C(=O)O[C@H]1Cc2ccccc2[C@@H]1C. The van der Waals surface area contributed by atoms with Gasteiger partial charge in [-0.15, -0.1) is 0 Å². The molecule has 2 aromatic rings. The third kappa shape index (κ3) is 5.05. The molecule has 170 valence electrons. The Morgan fingerprint density at radius 1 is 1.19 bits per heavy atom. The molecule has 9 heteroatoms. The fraction of sp³-hybridized carbons (Fsp3) is 0.391. The fourth-order valence-corrected chi connectivity index (χ4v) is 3.59. The van der Waals surface area contributed by atoms with E-state index >= 15 is 0 Å². The Morgan fingerprint density at radius 2 is 1.94 bits per heavy atom. The van der Waals surface area contributed by atoms with Crippen molar-refractivity contribution < 1.29 is 33.3 Å². The molecule has 0 radical (unpaired) electrons. The van der Waals surface area contributed by atoms with Crippen molar-refractivity contribution in [2.45, 2.75) is 38.3 Å². The van der Waals surface area contributed by atoms with Crippen LogP contribution >= 0.6 is 0 Å². The minimum absolute atomic E-state index is 0.0601.